The van der Waals surface area contributed by atoms with Gasteiger partial charge in [0.1, 0.15) is 17.2 Å². The van der Waals surface area contributed by atoms with Crippen LogP contribution in [0.1, 0.15) is 28.8 Å². The number of carbonyl (C=O) groups excluding carboxylic acids is 1. The fourth-order valence-corrected chi connectivity index (χ4v) is 3.38. The molecule has 1 N–H and O–H groups in total. The number of carbonyl (C=O) groups is 1. The number of hydrogen-bond acceptors (Lipinski definition) is 5. The zero-order valence-electron chi connectivity index (χ0n) is 15.3. The second kappa shape index (κ2) is 7.12. The van der Waals surface area contributed by atoms with Crippen LogP contribution in [0, 0.1) is 11.3 Å². The summed E-state index contributed by atoms with van der Waals surface area (Å²) in [5.74, 6) is 1.12. The maximum absolute atomic E-state index is 12.7. The molecule has 0 spiro atoms. The number of nitriles is 1. The molecular weight excluding hydrogens is 356 g/mol. The van der Waals surface area contributed by atoms with Crippen molar-refractivity contribution in [3.63, 3.8) is 0 Å². The summed E-state index contributed by atoms with van der Waals surface area (Å²) < 4.78 is 13.1. The van der Waals surface area contributed by atoms with Crippen molar-refractivity contribution in [3.05, 3.63) is 59.5 Å². The SMILES string of the molecule is COc1ccc2c(c1)c(C=C1Oc3ccc(O)cc3C1=O)cn2CCCC#N. The minimum absolute atomic E-state index is 0.0239. The maximum Gasteiger partial charge on any atom is 0.232 e. The number of ether oxygens (including phenoxy) is 2. The summed E-state index contributed by atoms with van der Waals surface area (Å²) >= 11 is 0. The molecule has 6 heteroatoms. The summed E-state index contributed by atoms with van der Waals surface area (Å²) in [6.07, 6.45) is 4.88. The number of unbranched alkanes of at least 4 members (excludes halogenated alkanes) is 1. The topological polar surface area (TPSA) is 84.5 Å². The summed E-state index contributed by atoms with van der Waals surface area (Å²) in [7, 11) is 1.61. The van der Waals surface area contributed by atoms with Crippen molar-refractivity contribution in [1.29, 1.82) is 5.26 Å². The molecular formula is C22H18N2O4. The van der Waals surface area contributed by atoms with Crippen molar-refractivity contribution < 1.29 is 19.4 Å². The van der Waals surface area contributed by atoms with E-state index in [0.717, 1.165) is 22.9 Å². The third-order valence-electron chi connectivity index (χ3n) is 4.74. The van der Waals surface area contributed by atoms with E-state index in [1.54, 1.807) is 19.3 Å². The molecule has 140 valence electrons. The van der Waals surface area contributed by atoms with E-state index in [2.05, 4.69) is 10.6 Å². The summed E-state index contributed by atoms with van der Waals surface area (Å²) in [5.41, 5.74) is 2.17. The van der Waals surface area contributed by atoms with Gasteiger partial charge in [-0.25, -0.2) is 0 Å². The summed E-state index contributed by atoms with van der Waals surface area (Å²) in [4.78, 5) is 12.7. The molecule has 0 saturated carbocycles. The van der Waals surface area contributed by atoms with Crippen LogP contribution in [0.3, 0.4) is 0 Å². The Hall–Kier alpha value is -3.72. The quantitative estimate of drug-likeness (QED) is 0.532. The van der Waals surface area contributed by atoms with Gasteiger partial charge < -0.3 is 19.1 Å². The Morgan fingerprint density at radius 2 is 2.14 bits per heavy atom. The number of methoxy groups -OCH3 is 1. The Labute approximate surface area is 161 Å². The molecule has 3 aromatic rings. The maximum atomic E-state index is 12.7. The molecule has 1 aromatic heterocycles. The molecule has 0 radical (unpaired) electrons. The van der Waals surface area contributed by atoms with Crippen LogP contribution in [0.4, 0.5) is 0 Å². The van der Waals surface area contributed by atoms with Crippen molar-refractivity contribution in [2.45, 2.75) is 19.4 Å². The first-order valence-corrected chi connectivity index (χ1v) is 8.92. The summed E-state index contributed by atoms with van der Waals surface area (Å²) in [6.45, 7) is 0.697. The average Bonchev–Trinajstić information content (AvgIpc) is 3.20. The number of allylic oxidation sites excluding steroid dienone is 1. The Morgan fingerprint density at radius 1 is 1.29 bits per heavy atom. The molecule has 0 aliphatic carbocycles. The molecule has 28 heavy (non-hydrogen) atoms. The molecule has 2 aromatic carbocycles. The molecule has 1 aliphatic heterocycles. The highest BCUT2D eigenvalue weighted by Crippen LogP contribution is 2.35. The van der Waals surface area contributed by atoms with Crippen LogP contribution in [0.25, 0.3) is 17.0 Å². The smallest absolute Gasteiger partial charge is 0.232 e. The Balaban J connectivity index is 1.77. The molecule has 6 nitrogen and oxygen atoms in total. The number of aryl methyl sites for hydroxylation is 1. The fourth-order valence-electron chi connectivity index (χ4n) is 3.38. The number of rotatable bonds is 5. The number of ketones is 1. The van der Waals surface area contributed by atoms with Crippen LogP contribution in [0.15, 0.2) is 48.4 Å². The lowest BCUT2D eigenvalue weighted by Gasteiger charge is -2.04. The monoisotopic (exact) mass is 374 g/mol. The number of aromatic nitrogens is 1. The second-order valence-electron chi connectivity index (χ2n) is 6.54. The van der Waals surface area contributed by atoms with E-state index in [-0.39, 0.29) is 17.3 Å². The van der Waals surface area contributed by atoms with Gasteiger partial charge in [0, 0.05) is 35.6 Å². The molecule has 0 fully saturated rings. The normalized spacial score (nSPS) is 14.1. The number of hydrogen-bond donors (Lipinski definition) is 1. The fraction of sp³-hybridized carbons (Fsp3) is 0.182. The van der Waals surface area contributed by atoms with Crippen molar-refractivity contribution in [1.82, 2.24) is 4.57 Å². The molecule has 0 amide bonds. The number of fused-ring (bicyclic) bond motifs is 2. The molecule has 0 atom stereocenters. The van der Waals surface area contributed by atoms with Gasteiger partial charge >= 0.3 is 0 Å². The van der Waals surface area contributed by atoms with E-state index in [0.29, 0.717) is 30.0 Å². The van der Waals surface area contributed by atoms with Crippen molar-refractivity contribution in [2.75, 3.05) is 7.11 Å². The molecule has 0 saturated heterocycles. The predicted octanol–water partition coefficient (Wildman–Crippen LogP) is 4.28. The van der Waals surface area contributed by atoms with Crippen molar-refractivity contribution in [3.8, 4) is 23.3 Å². The van der Waals surface area contributed by atoms with Crippen molar-refractivity contribution >= 4 is 22.8 Å². The third-order valence-corrected chi connectivity index (χ3v) is 4.74. The summed E-state index contributed by atoms with van der Waals surface area (Å²) in [6, 6.07) is 12.4. The van der Waals surface area contributed by atoms with Gasteiger partial charge in [0.05, 0.1) is 18.7 Å². The van der Waals surface area contributed by atoms with Gasteiger partial charge in [-0.15, -0.1) is 0 Å². The highest BCUT2D eigenvalue weighted by Gasteiger charge is 2.28. The van der Waals surface area contributed by atoms with E-state index in [9.17, 15) is 9.90 Å². The highest BCUT2D eigenvalue weighted by atomic mass is 16.5. The molecule has 0 unspecified atom stereocenters. The molecule has 1 aliphatic rings. The highest BCUT2D eigenvalue weighted by molar-refractivity contribution is 6.15. The minimum atomic E-state index is -0.265. The number of phenols is 1. The first-order valence-electron chi connectivity index (χ1n) is 8.92. The van der Waals surface area contributed by atoms with Gasteiger partial charge in [0.15, 0.2) is 5.76 Å². The van der Waals surface area contributed by atoms with Crippen LogP contribution in [0.5, 0.6) is 17.2 Å². The van der Waals surface area contributed by atoms with Crippen LogP contribution < -0.4 is 9.47 Å². The van der Waals surface area contributed by atoms with E-state index in [1.807, 2.05) is 24.4 Å². The number of nitrogens with zero attached hydrogens (tertiary/aromatic N) is 2. The van der Waals surface area contributed by atoms with Gasteiger partial charge in [0.2, 0.25) is 5.78 Å². The standard InChI is InChI=1S/C22H18N2O4/c1-27-16-5-6-19-17(12-16)14(13-24(19)9-3-2-8-23)10-21-22(26)18-11-15(25)4-7-20(18)28-21/h4-7,10-13,25H,2-3,9H2,1H3. The van der Waals surface area contributed by atoms with E-state index in [4.69, 9.17) is 14.7 Å². The zero-order chi connectivity index (χ0) is 19.7. The molecule has 2 heterocycles. The average molecular weight is 374 g/mol. The van der Waals surface area contributed by atoms with Crippen LogP contribution in [0.2, 0.25) is 0 Å². The first kappa shape index (κ1) is 17.7. The zero-order valence-corrected chi connectivity index (χ0v) is 15.3. The number of Topliss-reactive ketones (excluding diaryl/α,β-unsaturated/α-hetero) is 1. The van der Waals surface area contributed by atoms with Crippen LogP contribution in [-0.2, 0) is 6.54 Å². The minimum Gasteiger partial charge on any atom is -0.508 e. The lowest BCUT2D eigenvalue weighted by Crippen LogP contribution is -1.98. The Bertz CT molecular complexity index is 1150. The largest absolute Gasteiger partial charge is 0.508 e. The predicted molar refractivity (Wildman–Crippen MR) is 104 cm³/mol. The van der Waals surface area contributed by atoms with Gasteiger partial charge in [-0.1, -0.05) is 0 Å². The number of aromatic hydroxyl groups is 1. The third kappa shape index (κ3) is 3.08. The first-order chi connectivity index (χ1) is 13.6. The van der Waals surface area contributed by atoms with Gasteiger partial charge in [0.25, 0.3) is 0 Å². The second-order valence-corrected chi connectivity index (χ2v) is 6.54. The Morgan fingerprint density at radius 3 is 2.93 bits per heavy atom. The van der Waals surface area contributed by atoms with Gasteiger partial charge in [-0.2, -0.15) is 5.26 Å². The number of benzene rings is 2. The molecule has 0 bridgehead atoms. The van der Waals surface area contributed by atoms with Crippen molar-refractivity contribution in [2.24, 2.45) is 0 Å². The summed E-state index contributed by atoms with van der Waals surface area (Å²) in [5, 5.41) is 19.4. The number of phenolic OH excluding ortho intramolecular Hbond substituents is 1. The van der Waals surface area contributed by atoms with Crippen LogP contribution in [-0.4, -0.2) is 22.6 Å². The Kier molecular flexibility index (Phi) is 4.50. The van der Waals surface area contributed by atoms with Gasteiger partial charge in [-0.3, -0.25) is 4.79 Å². The lowest BCUT2D eigenvalue weighted by atomic mass is 10.1. The molecule has 4 rings (SSSR count). The lowest BCUT2D eigenvalue weighted by molar-refractivity contribution is 0.101. The van der Waals surface area contributed by atoms with Gasteiger partial charge in [-0.05, 0) is 48.9 Å². The van der Waals surface area contributed by atoms with E-state index < -0.39 is 0 Å². The van der Waals surface area contributed by atoms with E-state index >= 15 is 0 Å². The van der Waals surface area contributed by atoms with E-state index in [1.165, 1.54) is 12.1 Å². The van der Waals surface area contributed by atoms with Crippen LogP contribution >= 0.6 is 0 Å².